The van der Waals surface area contributed by atoms with Crippen molar-refractivity contribution in [2.24, 2.45) is 5.92 Å². The van der Waals surface area contributed by atoms with E-state index in [0.29, 0.717) is 0 Å². The molecule has 2 nitrogen and oxygen atoms in total. The van der Waals surface area contributed by atoms with Gasteiger partial charge in [-0.25, -0.2) is 0 Å². The first-order valence-corrected chi connectivity index (χ1v) is 6.62. The molecule has 1 unspecified atom stereocenters. The van der Waals surface area contributed by atoms with Crippen LogP contribution >= 0.6 is 0 Å². The third-order valence-electron chi connectivity index (χ3n) is 3.49. The van der Waals surface area contributed by atoms with E-state index in [1.807, 2.05) is 24.3 Å². The molecule has 0 saturated heterocycles. The second-order valence-electron chi connectivity index (χ2n) is 5.05. The molecule has 2 rings (SSSR count). The predicted molar refractivity (Wildman–Crippen MR) is 77.3 cm³/mol. The SMILES string of the molecule is Cc1ccccc1CC(CO)Cc1ccc(O)cc1. The fourth-order valence-electron chi connectivity index (χ4n) is 2.32. The molecule has 1 atom stereocenters. The highest BCUT2D eigenvalue weighted by molar-refractivity contribution is 5.28. The number of rotatable bonds is 5. The van der Waals surface area contributed by atoms with Gasteiger partial charge in [0.25, 0.3) is 0 Å². The van der Waals surface area contributed by atoms with Gasteiger partial charge >= 0.3 is 0 Å². The number of aromatic hydroxyl groups is 1. The molecule has 0 radical (unpaired) electrons. The zero-order chi connectivity index (χ0) is 13.7. The van der Waals surface area contributed by atoms with E-state index in [1.165, 1.54) is 11.1 Å². The van der Waals surface area contributed by atoms with E-state index < -0.39 is 0 Å². The average molecular weight is 256 g/mol. The summed E-state index contributed by atoms with van der Waals surface area (Å²) in [6, 6.07) is 15.5. The normalized spacial score (nSPS) is 12.3. The van der Waals surface area contributed by atoms with Crippen molar-refractivity contribution in [1.29, 1.82) is 0 Å². The summed E-state index contributed by atoms with van der Waals surface area (Å²) in [7, 11) is 0. The summed E-state index contributed by atoms with van der Waals surface area (Å²) in [5, 5.41) is 18.8. The monoisotopic (exact) mass is 256 g/mol. The Morgan fingerprint density at radius 3 is 2.26 bits per heavy atom. The smallest absolute Gasteiger partial charge is 0.115 e. The van der Waals surface area contributed by atoms with E-state index in [2.05, 4.69) is 19.1 Å². The minimum absolute atomic E-state index is 0.176. The molecule has 2 aromatic rings. The van der Waals surface area contributed by atoms with Crippen molar-refractivity contribution in [1.82, 2.24) is 0 Å². The highest BCUT2D eigenvalue weighted by Gasteiger charge is 2.11. The number of aliphatic hydroxyl groups excluding tert-OH is 1. The van der Waals surface area contributed by atoms with Gasteiger partial charge in [-0.05, 0) is 54.5 Å². The summed E-state index contributed by atoms with van der Waals surface area (Å²) in [6.45, 7) is 2.28. The number of phenols is 1. The quantitative estimate of drug-likeness (QED) is 0.863. The van der Waals surface area contributed by atoms with Crippen molar-refractivity contribution < 1.29 is 10.2 Å². The van der Waals surface area contributed by atoms with Gasteiger partial charge in [0.2, 0.25) is 0 Å². The molecule has 2 aromatic carbocycles. The molecule has 100 valence electrons. The Hall–Kier alpha value is -1.80. The van der Waals surface area contributed by atoms with Crippen LogP contribution in [0.15, 0.2) is 48.5 Å². The highest BCUT2D eigenvalue weighted by atomic mass is 16.3. The maximum atomic E-state index is 9.54. The lowest BCUT2D eigenvalue weighted by Gasteiger charge is -2.16. The lowest BCUT2D eigenvalue weighted by atomic mass is 9.91. The number of aliphatic hydroxyl groups is 1. The molecule has 0 aliphatic carbocycles. The summed E-state index contributed by atoms with van der Waals surface area (Å²) in [5.41, 5.74) is 3.71. The molecule has 0 fully saturated rings. The van der Waals surface area contributed by atoms with Crippen molar-refractivity contribution in [3.05, 3.63) is 65.2 Å². The van der Waals surface area contributed by atoms with E-state index in [0.717, 1.165) is 18.4 Å². The van der Waals surface area contributed by atoms with Crippen LogP contribution in [0.2, 0.25) is 0 Å². The third-order valence-corrected chi connectivity index (χ3v) is 3.49. The molecule has 2 heteroatoms. The molecule has 0 spiro atoms. The van der Waals surface area contributed by atoms with Gasteiger partial charge < -0.3 is 10.2 Å². The van der Waals surface area contributed by atoms with Gasteiger partial charge in [-0.1, -0.05) is 36.4 Å². The minimum atomic E-state index is 0.176. The van der Waals surface area contributed by atoms with Crippen LogP contribution in [-0.4, -0.2) is 16.8 Å². The zero-order valence-corrected chi connectivity index (χ0v) is 11.2. The van der Waals surface area contributed by atoms with Gasteiger partial charge in [-0.15, -0.1) is 0 Å². The number of phenolic OH excluding ortho intramolecular Hbond substituents is 1. The molecular formula is C17H20O2. The molecule has 0 aromatic heterocycles. The van der Waals surface area contributed by atoms with Gasteiger partial charge in [0, 0.05) is 6.61 Å². The topological polar surface area (TPSA) is 40.5 Å². The zero-order valence-electron chi connectivity index (χ0n) is 11.2. The van der Waals surface area contributed by atoms with Crippen LogP contribution in [0.3, 0.4) is 0 Å². The minimum Gasteiger partial charge on any atom is -0.508 e. The molecule has 0 amide bonds. The molecule has 0 aliphatic rings. The van der Waals surface area contributed by atoms with E-state index >= 15 is 0 Å². The van der Waals surface area contributed by atoms with Gasteiger partial charge in [0.1, 0.15) is 5.75 Å². The standard InChI is InChI=1S/C17H20O2/c1-13-4-2-3-5-16(13)11-15(12-18)10-14-6-8-17(19)9-7-14/h2-9,15,18-19H,10-12H2,1H3. The average Bonchev–Trinajstić information content (AvgIpc) is 2.43. The molecule has 0 saturated carbocycles. The Morgan fingerprint density at radius 2 is 1.63 bits per heavy atom. The maximum Gasteiger partial charge on any atom is 0.115 e. The number of aryl methyl sites for hydroxylation is 1. The van der Waals surface area contributed by atoms with Crippen LogP contribution in [-0.2, 0) is 12.8 Å². The Morgan fingerprint density at radius 1 is 0.947 bits per heavy atom. The van der Waals surface area contributed by atoms with Crippen molar-refractivity contribution in [2.75, 3.05) is 6.61 Å². The van der Waals surface area contributed by atoms with Crippen LogP contribution in [0.25, 0.3) is 0 Å². The molecule has 19 heavy (non-hydrogen) atoms. The van der Waals surface area contributed by atoms with Crippen LogP contribution in [0.5, 0.6) is 5.75 Å². The summed E-state index contributed by atoms with van der Waals surface area (Å²) in [5.74, 6) is 0.494. The Labute approximate surface area is 114 Å². The van der Waals surface area contributed by atoms with Gasteiger partial charge in [0.05, 0.1) is 0 Å². The summed E-state index contributed by atoms with van der Waals surface area (Å²) in [4.78, 5) is 0. The lowest BCUT2D eigenvalue weighted by Crippen LogP contribution is -2.13. The molecular weight excluding hydrogens is 236 g/mol. The molecule has 2 N–H and O–H groups in total. The summed E-state index contributed by atoms with van der Waals surface area (Å²) < 4.78 is 0. The second-order valence-corrected chi connectivity index (χ2v) is 5.05. The largest absolute Gasteiger partial charge is 0.508 e. The maximum absolute atomic E-state index is 9.54. The van der Waals surface area contributed by atoms with E-state index in [1.54, 1.807) is 12.1 Å². The number of hydrogen-bond acceptors (Lipinski definition) is 2. The van der Waals surface area contributed by atoms with Gasteiger partial charge in [0.15, 0.2) is 0 Å². The van der Waals surface area contributed by atoms with Crippen LogP contribution in [0.1, 0.15) is 16.7 Å². The van der Waals surface area contributed by atoms with E-state index in [-0.39, 0.29) is 18.3 Å². The Balaban J connectivity index is 2.05. The first kappa shape index (κ1) is 13.6. The second kappa shape index (κ2) is 6.39. The van der Waals surface area contributed by atoms with Crippen molar-refractivity contribution >= 4 is 0 Å². The third kappa shape index (κ3) is 3.83. The Bertz CT molecular complexity index is 517. The van der Waals surface area contributed by atoms with Crippen molar-refractivity contribution in [2.45, 2.75) is 19.8 Å². The fourth-order valence-corrected chi connectivity index (χ4v) is 2.32. The lowest BCUT2D eigenvalue weighted by molar-refractivity contribution is 0.225. The summed E-state index contributed by atoms with van der Waals surface area (Å²) in [6.07, 6.45) is 1.70. The van der Waals surface area contributed by atoms with Crippen LogP contribution in [0, 0.1) is 12.8 Å². The van der Waals surface area contributed by atoms with Crippen molar-refractivity contribution in [3.63, 3.8) is 0 Å². The van der Waals surface area contributed by atoms with Gasteiger partial charge in [-0.2, -0.15) is 0 Å². The first-order chi connectivity index (χ1) is 9.19. The predicted octanol–water partition coefficient (Wildman–Crippen LogP) is 3.09. The van der Waals surface area contributed by atoms with Crippen molar-refractivity contribution in [3.8, 4) is 5.75 Å². The van der Waals surface area contributed by atoms with Gasteiger partial charge in [-0.3, -0.25) is 0 Å². The van der Waals surface area contributed by atoms with Crippen LogP contribution < -0.4 is 0 Å². The van der Waals surface area contributed by atoms with Crippen LogP contribution in [0.4, 0.5) is 0 Å². The number of benzene rings is 2. The summed E-state index contributed by atoms with van der Waals surface area (Å²) >= 11 is 0. The molecule has 0 heterocycles. The highest BCUT2D eigenvalue weighted by Crippen LogP contribution is 2.18. The molecule has 0 bridgehead atoms. The Kier molecular flexibility index (Phi) is 4.58. The van der Waals surface area contributed by atoms with E-state index in [4.69, 9.17) is 0 Å². The fraction of sp³-hybridized carbons (Fsp3) is 0.294. The number of hydrogen-bond donors (Lipinski definition) is 2. The molecule has 0 aliphatic heterocycles. The first-order valence-electron chi connectivity index (χ1n) is 6.62. The van der Waals surface area contributed by atoms with E-state index in [9.17, 15) is 10.2 Å².